The maximum Gasteiger partial charge on any atom is 0.410 e. The van der Waals surface area contributed by atoms with Gasteiger partial charge in [-0.1, -0.05) is 0 Å². The topological polar surface area (TPSA) is 64.5 Å². The molecule has 0 N–H and O–H groups in total. The number of ether oxygens (including phenoxy) is 2. The summed E-state index contributed by atoms with van der Waals surface area (Å²) in [5, 5.41) is 0. The van der Waals surface area contributed by atoms with Crippen molar-refractivity contribution < 1.29 is 14.3 Å². The summed E-state index contributed by atoms with van der Waals surface area (Å²) in [6.45, 7) is 8.96. The zero-order valence-corrected chi connectivity index (χ0v) is 15.2. The van der Waals surface area contributed by atoms with E-state index < -0.39 is 5.60 Å². The predicted octanol–water partition coefficient (Wildman–Crippen LogP) is 3.73. The number of likely N-dealkylation sites (tertiary alicyclic amines) is 1. The zero-order chi connectivity index (χ0) is 17.6. The lowest BCUT2D eigenvalue weighted by Crippen LogP contribution is -2.46. The number of rotatable bonds is 5. The molecule has 1 saturated heterocycles. The average Bonchev–Trinajstić information content (AvgIpc) is 2.50. The van der Waals surface area contributed by atoms with Gasteiger partial charge in [0.25, 0.3) is 0 Å². The first kappa shape index (κ1) is 18.5. The van der Waals surface area contributed by atoms with E-state index in [1.165, 1.54) is 0 Å². The maximum absolute atomic E-state index is 12.4. The van der Waals surface area contributed by atoms with Crippen LogP contribution in [0.25, 0.3) is 0 Å². The van der Waals surface area contributed by atoms with Crippen LogP contribution in [0.15, 0.2) is 12.3 Å². The molecule has 2 rings (SSSR count). The summed E-state index contributed by atoms with van der Waals surface area (Å²) < 4.78 is 11.1. The van der Waals surface area contributed by atoms with Gasteiger partial charge in [-0.2, -0.15) is 0 Å². The van der Waals surface area contributed by atoms with E-state index in [1.807, 2.05) is 38.7 Å². The minimum Gasteiger partial charge on any atom is -0.463 e. The number of nitrogens with zero attached hydrogens (tertiary/aromatic N) is 3. The fraction of sp³-hybridized carbons (Fsp3) is 0.722. The minimum atomic E-state index is -0.454. The van der Waals surface area contributed by atoms with Gasteiger partial charge in [0.15, 0.2) is 0 Å². The summed E-state index contributed by atoms with van der Waals surface area (Å²) in [4.78, 5) is 22.6. The number of piperidine rings is 1. The van der Waals surface area contributed by atoms with Crippen molar-refractivity contribution >= 4 is 6.09 Å². The number of hydrogen-bond donors (Lipinski definition) is 0. The van der Waals surface area contributed by atoms with Gasteiger partial charge in [0.05, 0.1) is 6.61 Å². The molecular formula is C18H29N3O3. The van der Waals surface area contributed by atoms with Crippen LogP contribution in [0, 0.1) is 6.92 Å². The molecule has 1 atom stereocenters. The van der Waals surface area contributed by atoms with Crippen LogP contribution in [0.3, 0.4) is 0 Å². The van der Waals surface area contributed by atoms with E-state index in [9.17, 15) is 4.79 Å². The summed E-state index contributed by atoms with van der Waals surface area (Å²) >= 11 is 0. The van der Waals surface area contributed by atoms with E-state index in [0.29, 0.717) is 12.6 Å². The van der Waals surface area contributed by atoms with Crippen molar-refractivity contribution in [2.24, 2.45) is 0 Å². The Bertz CT molecular complexity index is 543. The molecule has 0 bridgehead atoms. The molecule has 0 aliphatic carbocycles. The number of aromatic nitrogens is 2. The lowest BCUT2D eigenvalue weighted by Gasteiger charge is -2.36. The zero-order valence-electron chi connectivity index (χ0n) is 15.2. The Morgan fingerprint density at radius 3 is 2.88 bits per heavy atom. The molecule has 0 radical (unpaired) electrons. The molecule has 24 heavy (non-hydrogen) atoms. The van der Waals surface area contributed by atoms with Crippen LogP contribution in [-0.4, -0.2) is 45.8 Å². The number of amides is 1. The van der Waals surface area contributed by atoms with E-state index in [-0.39, 0.29) is 12.1 Å². The fourth-order valence-electron chi connectivity index (χ4n) is 2.84. The molecule has 134 valence electrons. The van der Waals surface area contributed by atoms with Crippen molar-refractivity contribution in [3.8, 4) is 6.01 Å². The first-order valence-electron chi connectivity index (χ1n) is 8.77. The molecule has 0 aromatic carbocycles. The van der Waals surface area contributed by atoms with Crippen LogP contribution < -0.4 is 4.74 Å². The normalized spacial score (nSPS) is 18.3. The highest BCUT2D eigenvalue weighted by atomic mass is 16.6. The van der Waals surface area contributed by atoms with Gasteiger partial charge in [-0.15, -0.1) is 0 Å². The summed E-state index contributed by atoms with van der Waals surface area (Å²) in [6.07, 6.45) is 6.50. The molecule has 1 aliphatic heterocycles. The highest BCUT2D eigenvalue weighted by Crippen LogP contribution is 2.23. The Labute approximate surface area is 144 Å². The van der Waals surface area contributed by atoms with Gasteiger partial charge in [-0.05, 0) is 65.9 Å². The lowest BCUT2D eigenvalue weighted by molar-refractivity contribution is 0.00820. The molecule has 1 aromatic heterocycles. The summed E-state index contributed by atoms with van der Waals surface area (Å²) in [5.41, 5.74) is 0.438. The Morgan fingerprint density at radius 1 is 1.38 bits per heavy atom. The fourth-order valence-corrected chi connectivity index (χ4v) is 2.84. The van der Waals surface area contributed by atoms with Crippen LogP contribution in [0.2, 0.25) is 0 Å². The Balaban J connectivity index is 1.79. The third-order valence-electron chi connectivity index (χ3n) is 3.94. The monoisotopic (exact) mass is 335 g/mol. The second-order valence-electron chi connectivity index (χ2n) is 7.29. The number of aryl methyl sites for hydroxylation is 1. The van der Waals surface area contributed by atoms with Gasteiger partial charge in [-0.3, -0.25) is 0 Å². The van der Waals surface area contributed by atoms with Crippen molar-refractivity contribution in [3.05, 3.63) is 18.0 Å². The Kier molecular flexibility index (Phi) is 6.40. The van der Waals surface area contributed by atoms with Gasteiger partial charge < -0.3 is 14.4 Å². The molecule has 2 heterocycles. The molecular weight excluding hydrogens is 306 g/mol. The van der Waals surface area contributed by atoms with Crippen molar-refractivity contribution in [2.45, 2.75) is 71.4 Å². The summed E-state index contributed by atoms with van der Waals surface area (Å²) in [6, 6.07) is 2.49. The molecule has 0 saturated carbocycles. The van der Waals surface area contributed by atoms with Gasteiger partial charge in [-0.25, -0.2) is 14.8 Å². The molecule has 1 amide bonds. The quantitative estimate of drug-likeness (QED) is 0.767. The van der Waals surface area contributed by atoms with Gasteiger partial charge in [0, 0.05) is 24.5 Å². The van der Waals surface area contributed by atoms with E-state index in [4.69, 9.17) is 9.47 Å². The van der Waals surface area contributed by atoms with Crippen LogP contribution in [0.5, 0.6) is 6.01 Å². The van der Waals surface area contributed by atoms with Crippen LogP contribution in [0.4, 0.5) is 4.79 Å². The van der Waals surface area contributed by atoms with Gasteiger partial charge in [0.1, 0.15) is 5.60 Å². The number of carbonyl (C=O) groups is 1. The van der Waals surface area contributed by atoms with Crippen LogP contribution in [-0.2, 0) is 4.74 Å². The molecule has 1 aliphatic rings. The van der Waals surface area contributed by atoms with Crippen molar-refractivity contribution in [3.63, 3.8) is 0 Å². The molecule has 0 spiro atoms. The Hall–Kier alpha value is -1.85. The predicted molar refractivity (Wildman–Crippen MR) is 92.1 cm³/mol. The lowest BCUT2D eigenvalue weighted by atomic mass is 9.98. The SMILES string of the molecule is Cc1ccnc(OCCCC2CCCCN2C(=O)OC(C)(C)C)n1. The van der Waals surface area contributed by atoms with Crippen molar-refractivity contribution in [1.29, 1.82) is 0 Å². The molecule has 6 nitrogen and oxygen atoms in total. The number of hydrogen-bond acceptors (Lipinski definition) is 5. The third kappa shape index (κ3) is 5.98. The second kappa shape index (κ2) is 8.31. The maximum atomic E-state index is 12.4. The number of carbonyl (C=O) groups excluding carboxylic acids is 1. The van der Waals surface area contributed by atoms with Gasteiger partial charge >= 0.3 is 12.1 Å². The standard InChI is InChI=1S/C18H29N3O3/c1-14-10-11-19-16(20-14)23-13-7-9-15-8-5-6-12-21(15)17(22)24-18(2,3)4/h10-11,15H,5-9,12-13H2,1-4H3. The largest absolute Gasteiger partial charge is 0.463 e. The summed E-state index contributed by atoms with van der Waals surface area (Å²) in [7, 11) is 0. The first-order chi connectivity index (χ1) is 11.3. The minimum absolute atomic E-state index is 0.199. The van der Waals surface area contributed by atoms with E-state index >= 15 is 0 Å². The highest BCUT2D eigenvalue weighted by Gasteiger charge is 2.30. The average molecular weight is 335 g/mol. The Morgan fingerprint density at radius 2 is 2.17 bits per heavy atom. The molecule has 6 heteroatoms. The van der Waals surface area contributed by atoms with E-state index in [1.54, 1.807) is 6.20 Å². The van der Waals surface area contributed by atoms with E-state index in [2.05, 4.69) is 9.97 Å². The van der Waals surface area contributed by atoms with Crippen molar-refractivity contribution in [2.75, 3.05) is 13.2 Å². The van der Waals surface area contributed by atoms with E-state index in [0.717, 1.165) is 44.3 Å². The molecule has 1 aromatic rings. The second-order valence-corrected chi connectivity index (χ2v) is 7.29. The van der Waals surface area contributed by atoms with Crippen LogP contribution in [0.1, 0.15) is 58.6 Å². The highest BCUT2D eigenvalue weighted by molar-refractivity contribution is 5.68. The van der Waals surface area contributed by atoms with Crippen molar-refractivity contribution in [1.82, 2.24) is 14.9 Å². The molecule has 1 unspecified atom stereocenters. The van der Waals surface area contributed by atoms with Gasteiger partial charge in [0.2, 0.25) is 0 Å². The first-order valence-corrected chi connectivity index (χ1v) is 8.77. The third-order valence-corrected chi connectivity index (χ3v) is 3.94. The van der Waals surface area contributed by atoms with Crippen LogP contribution >= 0.6 is 0 Å². The smallest absolute Gasteiger partial charge is 0.410 e. The molecule has 1 fully saturated rings. The summed E-state index contributed by atoms with van der Waals surface area (Å²) in [5.74, 6) is 0.